The number of hydrogen-bond acceptors (Lipinski definition) is 2. The Bertz CT molecular complexity index is 686. The second kappa shape index (κ2) is 5.72. The summed E-state index contributed by atoms with van der Waals surface area (Å²) in [6.07, 6.45) is 2.63. The van der Waals surface area contributed by atoms with E-state index < -0.39 is 0 Å². The number of Topliss-reactive ketones (excluding diaryl/α,β-unsaturated/α-hetero) is 1. The molecular formula is C19H20O2. The van der Waals surface area contributed by atoms with Crippen molar-refractivity contribution in [3.8, 4) is 5.75 Å². The number of ether oxygens (including phenoxy) is 1. The highest BCUT2D eigenvalue weighted by Crippen LogP contribution is 2.26. The third-order valence-corrected chi connectivity index (χ3v) is 4.21. The lowest BCUT2D eigenvalue weighted by Gasteiger charge is -2.16. The number of carbonyl (C=O) groups excluding carboxylic acids is 1. The number of aryl methyl sites for hydroxylation is 3. The van der Waals surface area contributed by atoms with Gasteiger partial charge < -0.3 is 4.74 Å². The molecule has 2 heteroatoms. The Morgan fingerprint density at radius 1 is 1.00 bits per heavy atom. The molecule has 0 unspecified atom stereocenters. The standard InChI is InChI=1S/C19H20O2/c1-13-6-7-15(10-14(13)2)12-21-17-9-8-16-4-3-5-19(20)18(16)11-17/h6-11H,3-5,12H2,1-2H3. The molecule has 0 heterocycles. The van der Waals surface area contributed by atoms with Gasteiger partial charge in [0, 0.05) is 12.0 Å². The summed E-state index contributed by atoms with van der Waals surface area (Å²) in [5.41, 5.74) is 5.72. The molecule has 0 spiro atoms. The van der Waals surface area contributed by atoms with Crippen LogP contribution in [0, 0.1) is 13.8 Å². The van der Waals surface area contributed by atoms with E-state index in [4.69, 9.17) is 4.74 Å². The van der Waals surface area contributed by atoms with E-state index in [1.165, 1.54) is 11.1 Å². The molecule has 21 heavy (non-hydrogen) atoms. The topological polar surface area (TPSA) is 26.3 Å². The Hall–Kier alpha value is -2.09. The van der Waals surface area contributed by atoms with Crippen molar-refractivity contribution in [2.75, 3.05) is 0 Å². The van der Waals surface area contributed by atoms with Gasteiger partial charge in [0.2, 0.25) is 0 Å². The fourth-order valence-electron chi connectivity index (χ4n) is 2.76. The third kappa shape index (κ3) is 2.99. The minimum absolute atomic E-state index is 0.243. The molecule has 0 aliphatic heterocycles. The van der Waals surface area contributed by atoms with Gasteiger partial charge in [-0.15, -0.1) is 0 Å². The molecule has 1 aliphatic rings. The van der Waals surface area contributed by atoms with Crippen LogP contribution in [0.4, 0.5) is 0 Å². The van der Waals surface area contributed by atoms with Crippen LogP contribution in [0.1, 0.15) is 45.5 Å². The summed E-state index contributed by atoms with van der Waals surface area (Å²) in [6.45, 7) is 4.75. The lowest BCUT2D eigenvalue weighted by molar-refractivity contribution is 0.0972. The zero-order chi connectivity index (χ0) is 14.8. The number of hydrogen-bond donors (Lipinski definition) is 0. The van der Waals surface area contributed by atoms with Gasteiger partial charge in [-0.05, 0) is 61.1 Å². The van der Waals surface area contributed by atoms with Crippen LogP contribution >= 0.6 is 0 Å². The van der Waals surface area contributed by atoms with Gasteiger partial charge in [0.15, 0.2) is 5.78 Å². The zero-order valence-corrected chi connectivity index (χ0v) is 12.6. The number of fused-ring (bicyclic) bond motifs is 1. The smallest absolute Gasteiger partial charge is 0.163 e. The van der Waals surface area contributed by atoms with Gasteiger partial charge in [0.25, 0.3) is 0 Å². The maximum Gasteiger partial charge on any atom is 0.163 e. The van der Waals surface area contributed by atoms with Gasteiger partial charge in [0.1, 0.15) is 12.4 Å². The van der Waals surface area contributed by atoms with Crippen molar-refractivity contribution < 1.29 is 9.53 Å². The van der Waals surface area contributed by atoms with Crippen LogP contribution in [0.5, 0.6) is 5.75 Å². The van der Waals surface area contributed by atoms with Gasteiger partial charge in [-0.2, -0.15) is 0 Å². The van der Waals surface area contributed by atoms with Crippen LogP contribution < -0.4 is 4.74 Å². The minimum atomic E-state index is 0.243. The Kier molecular flexibility index (Phi) is 3.78. The highest BCUT2D eigenvalue weighted by atomic mass is 16.5. The first-order valence-corrected chi connectivity index (χ1v) is 7.48. The predicted octanol–water partition coefficient (Wildman–Crippen LogP) is 4.40. The van der Waals surface area contributed by atoms with Crippen molar-refractivity contribution in [3.63, 3.8) is 0 Å². The molecule has 1 aliphatic carbocycles. The summed E-state index contributed by atoms with van der Waals surface area (Å²) >= 11 is 0. The first-order valence-electron chi connectivity index (χ1n) is 7.48. The normalized spacial score (nSPS) is 13.9. The average molecular weight is 280 g/mol. The number of rotatable bonds is 3. The molecule has 0 fully saturated rings. The number of benzene rings is 2. The second-order valence-electron chi connectivity index (χ2n) is 5.80. The average Bonchev–Trinajstić information content (AvgIpc) is 2.49. The van der Waals surface area contributed by atoms with Crippen molar-refractivity contribution >= 4 is 5.78 Å². The minimum Gasteiger partial charge on any atom is -0.489 e. The molecule has 0 aromatic heterocycles. The van der Waals surface area contributed by atoms with Crippen LogP contribution in [0.2, 0.25) is 0 Å². The lowest BCUT2D eigenvalue weighted by atomic mass is 9.90. The Morgan fingerprint density at radius 2 is 1.86 bits per heavy atom. The molecule has 2 nitrogen and oxygen atoms in total. The number of carbonyl (C=O) groups is 1. The van der Waals surface area contributed by atoms with E-state index in [-0.39, 0.29) is 5.78 Å². The Morgan fingerprint density at radius 3 is 2.67 bits per heavy atom. The molecule has 3 rings (SSSR count). The van der Waals surface area contributed by atoms with Gasteiger partial charge >= 0.3 is 0 Å². The van der Waals surface area contributed by atoms with E-state index in [0.717, 1.165) is 35.3 Å². The second-order valence-corrected chi connectivity index (χ2v) is 5.80. The van der Waals surface area contributed by atoms with E-state index >= 15 is 0 Å². The van der Waals surface area contributed by atoms with Crippen molar-refractivity contribution in [2.24, 2.45) is 0 Å². The predicted molar refractivity (Wildman–Crippen MR) is 84.0 cm³/mol. The summed E-state index contributed by atoms with van der Waals surface area (Å²) in [4.78, 5) is 11.9. The van der Waals surface area contributed by atoms with Crippen molar-refractivity contribution in [1.82, 2.24) is 0 Å². The van der Waals surface area contributed by atoms with Gasteiger partial charge in [0.05, 0.1) is 0 Å². The molecule has 0 saturated carbocycles. The van der Waals surface area contributed by atoms with Gasteiger partial charge in [-0.3, -0.25) is 4.79 Å². The van der Waals surface area contributed by atoms with Crippen molar-refractivity contribution in [3.05, 3.63) is 64.2 Å². The summed E-state index contributed by atoms with van der Waals surface area (Å²) in [6, 6.07) is 12.3. The van der Waals surface area contributed by atoms with Crippen LogP contribution in [0.3, 0.4) is 0 Å². The van der Waals surface area contributed by atoms with Crippen LogP contribution in [-0.2, 0) is 13.0 Å². The van der Waals surface area contributed by atoms with Gasteiger partial charge in [-0.1, -0.05) is 24.3 Å². The largest absolute Gasteiger partial charge is 0.489 e. The number of ketones is 1. The van der Waals surface area contributed by atoms with E-state index in [0.29, 0.717) is 13.0 Å². The monoisotopic (exact) mass is 280 g/mol. The fourth-order valence-corrected chi connectivity index (χ4v) is 2.76. The molecular weight excluding hydrogens is 260 g/mol. The molecule has 108 valence electrons. The quantitative estimate of drug-likeness (QED) is 0.833. The third-order valence-electron chi connectivity index (χ3n) is 4.21. The van der Waals surface area contributed by atoms with Crippen LogP contribution in [0.25, 0.3) is 0 Å². The molecule has 0 atom stereocenters. The first-order chi connectivity index (χ1) is 10.1. The maximum atomic E-state index is 11.9. The molecule has 0 saturated heterocycles. The zero-order valence-electron chi connectivity index (χ0n) is 12.6. The first kappa shape index (κ1) is 13.9. The molecule has 0 radical (unpaired) electrons. The van der Waals surface area contributed by atoms with E-state index in [1.807, 2.05) is 18.2 Å². The highest BCUT2D eigenvalue weighted by Gasteiger charge is 2.17. The molecule has 0 bridgehead atoms. The molecule has 0 amide bonds. The molecule has 2 aromatic rings. The van der Waals surface area contributed by atoms with E-state index in [1.54, 1.807) is 0 Å². The fraction of sp³-hybridized carbons (Fsp3) is 0.316. The summed E-state index contributed by atoms with van der Waals surface area (Å²) < 4.78 is 5.85. The van der Waals surface area contributed by atoms with E-state index in [9.17, 15) is 4.79 Å². The van der Waals surface area contributed by atoms with Crippen molar-refractivity contribution in [2.45, 2.75) is 39.7 Å². The lowest BCUT2D eigenvalue weighted by Crippen LogP contribution is -2.10. The molecule has 0 N–H and O–H groups in total. The van der Waals surface area contributed by atoms with Crippen LogP contribution in [-0.4, -0.2) is 5.78 Å². The Labute approximate surface area is 125 Å². The molecule has 2 aromatic carbocycles. The van der Waals surface area contributed by atoms with Crippen molar-refractivity contribution in [1.29, 1.82) is 0 Å². The van der Waals surface area contributed by atoms with Gasteiger partial charge in [-0.25, -0.2) is 0 Å². The summed E-state index contributed by atoms with van der Waals surface area (Å²) in [5.74, 6) is 1.02. The highest BCUT2D eigenvalue weighted by molar-refractivity contribution is 5.98. The Balaban J connectivity index is 1.75. The summed E-state index contributed by atoms with van der Waals surface area (Å²) in [7, 11) is 0. The maximum absolute atomic E-state index is 11.9. The summed E-state index contributed by atoms with van der Waals surface area (Å²) in [5, 5.41) is 0. The SMILES string of the molecule is Cc1ccc(COc2ccc3c(c2)C(=O)CCC3)cc1C. The van der Waals surface area contributed by atoms with Crippen LogP contribution in [0.15, 0.2) is 36.4 Å². The van der Waals surface area contributed by atoms with E-state index in [2.05, 4.69) is 32.0 Å².